The lowest BCUT2D eigenvalue weighted by molar-refractivity contribution is 0.0821. The van der Waals surface area contributed by atoms with E-state index < -0.39 is 6.10 Å². The highest BCUT2D eigenvalue weighted by molar-refractivity contribution is 7.99. The number of carbonyl (C=O) groups excluding carboxylic acids is 1. The molecule has 9 heteroatoms. The molecule has 5 rings (SSSR count). The molecule has 8 nitrogen and oxygen atoms in total. The van der Waals surface area contributed by atoms with Gasteiger partial charge >= 0.3 is 0 Å². The maximum Gasteiger partial charge on any atom is 0.192 e. The lowest BCUT2D eigenvalue weighted by Gasteiger charge is -2.26. The Hall–Kier alpha value is -3.46. The van der Waals surface area contributed by atoms with Crippen LogP contribution in [0.25, 0.3) is 0 Å². The molecule has 2 aromatic carbocycles. The Balaban J connectivity index is 1.31. The van der Waals surface area contributed by atoms with E-state index in [-0.39, 0.29) is 11.5 Å². The van der Waals surface area contributed by atoms with E-state index in [0.717, 1.165) is 0 Å². The van der Waals surface area contributed by atoms with Crippen LogP contribution >= 0.6 is 11.8 Å². The number of para-hydroxylation sites is 2. The predicted molar refractivity (Wildman–Crippen MR) is 118 cm³/mol. The van der Waals surface area contributed by atoms with E-state index in [1.165, 1.54) is 11.8 Å². The van der Waals surface area contributed by atoms with Crippen molar-refractivity contribution in [3.63, 3.8) is 0 Å². The van der Waals surface area contributed by atoms with Gasteiger partial charge in [-0.05, 0) is 30.3 Å². The Morgan fingerprint density at radius 2 is 1.84 bits per heavy atom. The predicted octanol–water partition coefficient (Wildman–Crippen LogP) is 3.72. The molecule has 164 valence electrons. The third-order valence-electron chi connectivity index (χ3n) is 5.05. The maximum absolute atomic E-state index is 12.8. The molecule has 0 N–H and O–H groups in total. The van der Waals surface area contributed by atoms with Gasteiger partial charge in [0.15, 0.2) is 45.9 Å². The first-order valence-electron chi connectivity index (χ1n) is 10.2. The lowest BCUT2D eigenvalue weighted by atomic mass is 10.1. The normalized spacial score (nSPS) is 16.4. The van der Waals surface area contributed by atoms with Crippen LogP contribution in [0.15, 0.2) is 60.3 Å². The van der Waals surface area contributed by atoms with Gasteiger partial charge in [0.1, 0.15) is 19.8 Å². The van der Waals surface area contributed by atoms with Gasteiger partial charge in [-0.3, -0.25) is 9.36 Å². The molecule has 0 saturated carbocycles. The monoisotopic (exact) mass is 451 g/mol. The Morgan fingerprint density at radius 3 is 2.69 bits per heavy atom. The second kappa shape index (κ2) is 8.96. The molecule has 0 spiro atoms. The van der Waals surface area contributed by atoms with Gasteiger partial charge in [-0.2, -0.15) is 0 Å². The lowest BCUT2D eigenvalue weighted by Crippen LogP contribution is -2.25. The van der Waals surface area contributed by atoms with E-state index in [2.05, 4.69) is 16.8 Å². The van der Waals surface area contributed by atoms with Crippen molar-refractivity contribution in [2.45, 2.75) is 17.8 Å². The first kappa shape index (κ1) is 20.4. The van der Waals surface area contributed by atoms with Crippen molar-refractivity contribution in [1.29, 1.82) is 0 Å². The van der Waals surface area contributed by atoms with Gasteiger partial charge in [-0.25, -0.2) is 0 Å². The molecule has 0 bridgehead atoms. The van der Waals surface area contributed by atoms with Crippen LogP contribution in [0.5, 0.6) is 23.0 Å². The second-order valence-corrected chi connectivity index (χ2v) is 8.12. The molecule has 0 fully saturated rings. The topological polar surface area (TPSA) is 84.7 Å². The summed E-state index contributed by atoms with van der Waals surface area (Å²) in [5.41, 5.74) is 0.567. The zero-order chi connectivity index (χ0) is 21.9. The van der Waals surface area contributed by atoms with Crippen molar-refractivity contribution in [2.24, 2.45) is 0 Å². The largest absolute Gasteiger partial charge is 0.486 e. The van der Waals surface area contributed by atoms with Crippen molar-refractivity contribution in [3.05, 3.63) is 66.5 Å². The van der Waals surface area contributed by atoms with Crippen molar-refractivity contribution in [1.82, 2.24) is 14.8 Å². The number of benzene rings is 2. The van der Waals surface area contributed by atoms with Gasteiger partial charge in [0.25, 0.3) is 0 Å². The molecule has 1 aromatic heterocycles. The molecule has 0 amide bonds. The van der Waals surface area contributed by atoms with Crippen LogP contribution in [0.1, 0.15) is 22.3 Å². The molecule has 2 aliphatic heterocycles. The summed E-state index contributed by atoms with van der Waals surface area (Å²) >= 11 is 1.32. The smallest absolute Gasteiger partial charge is 0.192 e. The summed E-state index contributed by atoms with van der Waals surface area (Å²) < 4.78 is 24.9. The van der Waals surface area contributed by atoms with E-state index in [0.29, 0.717) is 65.9 Å². The molecule has 1 unspecified atom stereocenters. The summed E-state index contributed by atoms with van der Waals surface area (Å²) in [6.07, 6.45) is 1.36. The maximum atomic E-state index is 12.8. The highest BCUT2D eigenvalue weighted by Gasteiger charge is 2.28. The summed E-state index contributed by atoms with van der Waals surface area (Å²) in [5, 5.41) is 9.25. The van der Waals surface area contributed by atoms with E-state index in [9.17, 15) is 4.79 Å². The zero-order valence-corrected chi connectivity index (χ0v) is 18.0. The minimum atomic E-state index is -0.403. The van der Waals surface area contributed by atoms with E-state index in [4.69, 9.17) is 18.9 Å². The number of rotatable bonds is 7. The number of hydrogen-bond acceptors (Lipinski definition) is 8. The molecule has 3 aromatic rings. The molecule has 0 radical (unpaired) electrons. The standard InChI is InChI=1S/C23H21N3O5S/c1-2-9-26-22(21-13-30-17-5-3-4-6-19(17)31-21)24-25-23(26)32-14-16(27)15-7-8-18-20(12-15)29-11-10-28-18/h2-8,12,21H,1,9-11,13-14H2. The van der Waals surface area contributed by atoms with Gasteiger partial charge in [0.2, 0.25) is 0 Å². The van der Waals surface area contributed by atoms with Crippen LogP contribution in [0.3, 0.4) is 0 Å². The molecule has 32 heavy (non-hydrogen) atoms. The average molecular weight is 452 g/mol. The number of fused-ring (bicyclic) bond motifs is 2. The zero-order valence-electron chi connectivity index (χ0n) is 17.2. The van der Waals surface area contributed by atoms with Crippen molar-refractivity contribution < 1.29 is 23.7 Å². The van der Waals surface area contributed by atoms with Gasteiger partial charge < -0.3 is 18.9 Å². The minimum absolute atomic E-state index is 0.0344. The van der Waals surface area contributed by atoms with E-state index in [1.54, 1.807) is 24.3 Å². The average Bonchev–Trinajstić information content (AvgIpc) is 3.24. The molecule has 3 heterocycles. The fourth-order valence-electron chi connectivity index (χ4n) is 3.52. The van der Waals surface area contributed by atoms with Crippen molar-refractivity contribution in [2.75, 3.05) is 25.6 Å². The summed E-state index contributed by atoms with van der Waals surface area (Å²) in [5.74, 6) is 3.44. The van der Waals surface area contributed by atoms with E-state index >= 15 is 0 Å². The Morgan fingerprint density at radius 1 is 1.06 bits per heavy atom. The van der Waals surface area contributed by atoms with E-state index in [1.807, 2.05) is 28.8 Å². The molecule has 0 saturated heterocycles. The molecule has 1 atom stereocenters. The molecular weight excluding hydrogens is 430 g/mol. The van der Waals surface area contributed by atoms with Crippen LogP contribution in [0.4, 0.5) is 0 Å². The number of Topliss-reactive ketones (excluding diaryl/α,β-unsaturated/α-hetero) is 1. The summed E-state index contributed by atoms with van der Waals surface area (Å²) in [7, 11) is 0. The SMILES string of the molecule is C=CCn1c(SCC(=O)c2ccc3c(c2)OCCO3)nnc1C1COc2ccccc2O1. The summed E-state index contributed by atoms with van der Waals surface area (Å²) in [6, 6.07) is 12.8. The van der Waals surface area contributed by atoms with Gasteiger partial charge in [-0.15, -0.1) is 16.8 Å². The summed E-state index contributed by atoms with van der Waals surface area (Å²) in [4.78, 5) is 12.8. The van der Waals surface area contributed by atoms with Gasteiger partial charge in [0.05, 0.1) is 5.75 Å². The number of allylic oxidation sites excluding steroid dienone is 1. The van der Waals surface area contributed by atoms with Crippen LogP contribution in [0, 0.1) is 0 Å². The fourth-order valence-corrected chi connectivity index (χ4v) is 4.37. The fraction of sp³-hybridized carbons (Fsp3) is 0.261. The third-order valence-corrected chi connectivity index (χ3v) is 6.02. The Labute approximate surface area is 189 Å². The highest BCUT2D eigenvalue weighted by Crippen LogP contribution is 2.36. The van der Waals surface area contributed by atoms with Crippen LogP contribution in [-0.2, 0) is 6.54 Å². The summed E-state index contributed by atoms with van der Waals surface area (Å²) in [6.45, 7) is 5.64. The first-order chi connectivity index (χ1) is 15.7. The Bertz CT molecular complexity index is 1160. The number of ether oxygens (including phenoxy) is 4. The third kappa shape index (κ3) is 4.03. The van der Waals surface area contributed by atoms with Gasteiger partial charge in [0, 0.05) is 12.1 Å². The number of hydrogen-bond donors (Lipinski definition) is 0. The quantitative estimate of drug-likeness (QED) is 0.305. The molecule has 2 aliphatic rings. The van der Waals surface area contributed by atoms with Crippen LogP contribution in [0.2, 0.25) is 0 Å². The number of carbonyl (C=O) groups is 1. The number of thioether (sulfide) groups is 1. The van der Waals surface area contributed by atoms with Crippen LogP contribution in [-0.4, -0.2) is 46.1 Å². The van der Waals surface area contributed by atoms with Crippen molar-refractivity contribution >= 4 is 17.5 Å². The highest BCUT2D eigenvalue weighted by atomic mass is 32.2. The minimum Gasteiger partial charge on any atom is -0.486 e. The number of nitrogens with zero attached hydrogens (tertiary/aromatic N) is 3. The number of aromatic nitrogens is 3. The molecule has 0 aliphatic carbocycles. The van der Waals surface area contributed by atoms with Crippen molar-refractivity contribution in [3.8, 4) is 23.0 Å². The first-order valence-corrected chi connectivity index (χ1v) is 11.2. The number of ketones is 1. The second-order valence-electron chi connectivity index (χ2n) is 7.17. The van der Waals surface area contributed by atoms with Gasteiger partial charge in [-0.1, -0.05) is 30.0 Å². The van der Waals surface area contributed by atoms with Crippen LogP contribution < -0.4 is 18.9 Å². The molecular formula is C23H21N3O5S. The Kier molecular flexibility index (Phi) is 5.72.